The van der Waals surface area contributed by atoms with Crippen LogP contribution in [0.5, 0.6) is 0 Å². The Balaban J connectivity index is 2.21. The molecule has 0 radical (unpaired) electrons. The number of hydrogen-bond acceptors (Lipinski definition) is 3. The van der Waals surface area contributed by atoms with Gasteiger partial charge in [-0.05, 0) is 6.07 Å². The van der Waals surface area contributed by atoms with E-state index in [1.165, 1.54) is 0 Å². The van der Waals surface area contributed by atoms with Gasteiger partial charge in [-0.2, -0.15) is 0 Å². The molecule has 82 valence electrons. The lowest BCUT2D eigenvalue weighted by atomic mass is 9.80. The number of halogens is 1. The Bertz CT molecular complexity index is 500. The van der Waals surface area contributed by atoms with Crippen molar-refractivity contribution in [1.29, 1.82) is 0 Å². The van der Waals surface area contributed by atoms with Crippen molar-refractivity contribution in [3.05, 3.63) is 35.0 Å². The number of pyridine rings is 1. The van der Waals surface area contributed by atoms with Gasteiger partial charge in [-0.25, -0.2) is 4.98 Å². The summed E-state index contributed by atoms with van der Waals surface area (Å²) in [5.74, 6) is 0.573. The van der Waals surface area contributed by atoms with Crippen LogP contribution in [-0.4, -0.2) is 24.0 Å². The van der Waals surface area contributed by atoms with E-state index in [2.05, 4.69) is 15.6 Å². The first-order valence-electron chi connectivity index (χ1n) is 5.08. The van der Waals surface area contributed by atoms with E-state index in [9.17, 15) is 4.79 Å². The molecule has 0 unspecified atom stereocenters. The van der Waals surface area contributed by atoms with E-state index in [1.807, 2.05) is 12.2 Å². The second kappa shape index (κ2) is 3.30. The molecule has 1 aromatic heterocycles. The van der Waals surface area contributed by atoms with Gasteiger partial charge in [-0.1, -0.05) is 23.8 Å². The monoisotopic (exact) mass is 235 g/mol. The summed E-state index contributed by atoms with van der Waals surface area (Å²) in [6.07, 6.45) is 5.43. The van der Waals surface area contributed by atoms with Crippen molar-refractivity contribution in [2.45, 2.75) is 5.41 Å². The van der Waals surface area contributed by atoms with Crippen molar-refractivity contribution in [2.75, 3.05) is 18.4 Å². The highest BCUT2D eigenvalue weighted by molar-refractivity contribution is 6.30. The maximum Gasteiger partial charge on any atom is 0.241 e. The molecule has 2 aliphatic rings. The minimum Gasteiger partial charge on any atom is -0.312 e. The molecule has 3 rings (SSSR count). The van der Waals surface area contributed by atoms with Crippen LogP contribution in [0.4, 0.5) is 5.82 Å². The number of anilines is 1. The van der Waals surface area contributed by atoms with Crippen molar-refractivity contribution >= 4 is 23.3 Å². The lowest BCUT2D eigenvalue weighted by Gasteiger charge is -2.26. The summed E-state index contributed by atoms with van der Waals surface area (Å²) in [6, 6.07) is 1.80. The molecule has 0 fully saturated rings. The number of nitrogens with zero attached hydrogens (tertiary/aromatic N) is 1. The molecule has 1 aromatic rings. The molecule has 2 aliphatic heterocycles. The van der Waals surface area contributed by atoms with Crippen LogP contribution in [0.15, 0.2) is 24.4 Å². The third-order valence-electron chi connectivity index (χ3n) is 3.04. The SMILES string of the molecule is O=C1Nc2ncc(Cl)cc2[C@]12C=CCNC2. The maximum atomic E-state index is 12.0. The molecular formula is C11H10ClN3O. The van der Waals surface area contributed by atoms with Crippen molar-refractivity contribution in [3.63, 3.8) is 0 Å². The van der Waals surface area contributed by atoms with Crippen LogP contribution in [0.1, 0.15) is 5.56 Å². The minimum absolute atomic E-state index is 0.0410. The second-order valence-corrected chi connectivity index (χ2v) is 4.44. The number of aromatic nitrogens is 1. The first kappa shape index (κ1) is 9.81. The molecule has 1 amide bonds. The number of nitrogens with one attached hydrogen (secondary N) is 2. The van der Waals surface area contributed by atoms with Gasteiger partial charge in [0.2, 0.25) is 5.91 Å². The molecule has 3 heterocycles. The molecule has 5 heteroatoms. The smallest absolute Gasteiger partial charge is 0.241 e. The minimum atomic E-state index is -0.633. The molecule has 4 nitrogen and oxygen atoms in total. The summed E-state index contributed by atoms with van der Waals surface area (Å²) >= 11 is 5.93. The van der Waals surface area contributed by atoms with E-state index in [-0.39, 0.29) is 5.91 Å². The Morgan fingerprint density at radius 2 is 2.38 bits per heavy atom. The molecule has 2 N–H and O–H groups in total. The Labute approximate surface area is 97.7 Å². The second-order valence-electron chi connectivity index (χ2n) is 4.01. The maximum absolute atomic E-state index is 12.0. The Kier molecular flexibility index (Phi) is 2.02. The number of amides is 1. The molecule has 1 spiro atoms. The van der Waals surface area contributed by atoms with E-state index in [1.54, 1.807) is 12.3 Å². The van der Waals surface area contributed by atoms with Gasteiger partial charge in [-0.15, -0.1) is 0 Å². The van der Waals surface area contributed by atoms with E-state index in [0.29, 0.717) is 17.4 Å². The number of fused-ring (bicyclic) bond motifs is 2. The van der Waals surface area contributed by atoms with Gasteiger partial charge in [0.15, 0.2) is 0 Å². The highest BCUT2D eigenvalue weighted by Gasteiger charge is 2.46. The first-order chi connectivity index (χ1) is 7.72. The average molecular weight is 236 g/mol. The van der Waals surface area contributed by atoms with Gasteiger partial charge in [0.05, 0.1) is 5.02 Å². The molecule has 0 aromatic carbocycles. The van der Waals surface area contributed by atoms with Crippen LogP contribution in [0, 0.1) is 0 Å². The quantitative estimate of drug-likeness (QED) is 0.662. The van der Waals surface area contributed by atoms with Crippen molar-refractivity contribution in [2.24, 2.45) is 0 Å². The molecule has 16 heavy (non-hydrogen) atoms. The highest BCUT2D eigenvalue weighted by atomic mass is 35.5. The fourth-order valence-electron chi connectivity index (χ4n) is 2.23. The van der Waals surface area contributed by atoms with Gasteiger partial charge >= 0.3 is 0 Å². The number of carbonyl (C=O) groups excluding carboxylic acids is 1. The van der Waals surface area contributed by atoms with Crippen LogP contribution < -0.4 is 10.6 Å². The Hall–Kier alpha value is -1.39. The third kappa shape index (κ3) is 1.20. The molecule has 1 atom stereocenters. The number of hydrogen-bond donors (Lipinski definition) is 2. The number of carbonyl (C=O) groups is 1. The molecule has 0 saturated carbocycles. The zero-order chi connectivity index (χ0) is 11.2. The van der Waals surface area contributed by atoms with Gasteiger partial charge in [0.25, 0.3) is 0 Å². The number of rotatable bonds is 0. The van der Waals surface area contributed by atoms with E-state index < -0.39 is 5.41 Å². The van der Waals surface area contributed by atoms with E-state index in [0.717, 1.165) is 12.1 Å². The van der Waals surface area contributed by atoms with Crippen molar-refractivity contribution in [3.8, 4) is 0 Å². The molecular weight excluding hydrogens is 226 g/mol. The molecule has 0 saturated heterocycles. The van der Waals surface area contributed by atoms with Gasteiger partial charge < -0.3 is 10.6 Å². The highest BCUT2D eigenvalue weighted by Crippen LogP contribution is 2.39. The average Bonchev–Trinajstić information content (AvgIpc) is 2.55. The topological polar surface area (TPSA) is 54.0 Å². The normalized spacial score (nSPS) is 26.9. The Morgan fingerprint density at radius 1 is 1.50 bits per heavy atom. The lowest BCUT2D eigenvalue weighted by Crippen LogP contribution is -2.45. The van der Waals surface area contributed by atoms with Gasteiger partial charge in [0, 0.05) is 24.8 Å². The first-order valence-corrected chi connectivity index (χ1v) is 5.46. The largest absolute Gasteiger partial charge is 0.312 e. The molecule has 0 bridgehead atoms. The van der Waals surface area contributed by atoms with Crippen molar-refractivity contribution in [1.82, 2.24) is 10.3 Å². The van der Waals surface area contributed by atoms with Gasteiger partial charge in [0.1, 0.15) is 11.2 Å². The van der Waals surface area contributed by atoms with Crippen LogP contribution in [0.25, 0.3) is 0 Å². The van der Waals surface area contributed by atoms with Crippen LogP contribution in [-0.2, 0) is 10.2 Å². The standard InChI is InChI=1S/C11H10ClN3O/c12-7-4-8-9(14-5-7)15-10(16)11(8)2-1-3-13-6-11/h1-2,4-5,13H,3,6H2,(H,14,15,16)/t11-/m1/s1. The summed E-state index contributed by atoms with van der Waals surface area (Å²) in [4.78, 5) is 16.2. The van der Waals surface area contributed by atoms with Crippen molar-refractivity contribution < 1.29 is 4.79 Å². The Morgan fingerprint density at radius 3 is 3.12 bits per heavy atom. The predicted molar refractivity (Wildman–Crippen MR) is 61.6 cm³/mol. The van der Waals surface area contributed by atoms with E-state index in [4.69, 9.17) is 11.6 Å². The summed E-state index contributed by atoms with van der Waals surface area (Å²) in [7, 11) is 0. The summed E-state index contributed by atoms with van der Waals surface area (Å²) < 4.78 is 0. The van der Waals surface area contributed by atoms with Crippen LogP contribution >= 0.6 is 11.6 Å². The fourth-order valence-corrected chi connectivity index (χ4v) is 2.39. The third-order valence-corrected chi connectivity index (χ3v) is 3.25. The lowest BCUT2D eigenvalue weighted by molar-refractivity contribution is -0.119. The summed E-state index contributed by atoms with van der Waals surface area (Å²) in [5.41, 5.74) is 0.222. The van der Waals surface area contributed by atoms with Crippen LogP contribution in [0.2, 0.25) is 5.02 Å². The fraction of sp³-hybridized carbons (Fsp3) is 0.273. The van der Waals surface area contributed by atoms with Gasteiger partial charge in [-0.3, -0.25) is 4.79 Å². The summed E-state index contributed by atoms with van der Waals surface area (Å²) in [6.45, 7) is 1.38. The van der Waals surface area contributed by atoms with E-state index >= 15 is 0 Å². The summed E-state index contributed by atoms with van der Waals surface area (Å²) in [5, 5.41) is 6.52. The zero-order valence-corrected chi connectivity index (χ0v) is 9.21. The zero-order valence-electron chi connectivity index (χ0n) is 8.46. The predicted octanol–water partition coefficient (Wildman–Crippen LogP) is 1.08. The van der Waals surface area contributed by atoms with Crippen LogP contribution in [0.3, 0.4) is 0 Å². The molecule has 0 aliphatic carbocycles.